The second kappa shape index (κ2) is 5.08. The summed E-state index contributed by atoms with van der Waals surface area (Å²) in [5.41, 5.74) is 2.29. The maximum Gasteiger partial charge on any atom is 0.135 e. The molecule has 0 radical (unpaired) electrons. The molecule has 0 bridgehead atoms. The van der Waals surface area contributed by atoms with Crippen molar-refractivity contribution in [2.24, 2.45) is 5.92 Å². The molecule has 1 aromatic carbocycles. The summed E-state index contributed by atoms with van der Waals surface area (Å²) in [5, 5.41) is 9.49. The van der Waals surface area contributed by atoms with Gasteiger partial charge in [-0.15, -0.1) is 0 Å². The van der Waals surface area contributed by atoms with Crippen LogP contribution in [0, 0.1) is 12.8 Å². The van der Waals surface area contributed by atoms with E-state index in [1.807, 2.05) is 25.1 Å². The first-order chi connectivity index (χ1) is 7.00. The van der Waals surface area contributed by atoms with Gasteiger partial charge in [-0.1, -0.05) is 29.8 Å². The van der Waals surface area contributed by atoms with Gasteiger partial charge in [0.15, 0.2) is 0 Å². The number of aliphatic hydroxyl groups is 1. The van der Waals surface area contributed by atoms with Gasteiger partial charge in [0, 0.05) is 5.92 Å². The average molecular weight is 206 g/mol. The first kappa shape index (κ1) is 11.9. The van der Waals surface area contributed by atoms with Crippen LogP contribution in [0.15, 0.2) is 24.3 Å². The van der Waals surface area contributed by atoms with Crippen LogP contribution in [0.3, 0.4) is 0 Å². The molecular weight excluding hydrogens is 188 g/mol. The number of ketones is 1. The molecule has 15 heavy (non-hydrogen) atoms. The van der Waals surface area contributed by atoms with Gasteiger partial charge in [0.2, 0.25) is 0 Å². The summed E-state index contributed by atoms with van der Waals surface area (Å²) >= 11 is 0. The van der Waals surface area contributed by atoms with E-state index in [1.54, 1.807) is 6.92 Å². The first-order valence-corrected chi connectivity index (χ1v) is 5.24. The molecule has 0 aliphatic heterocycles. The zero-order chi connectivity index (χ0) is 11.4. The quantitative estimate of drug-likeness (QED) is 0.819. The highest BCUT2D eigenvalue weighted by Crippen LogP contribution is 2.14. The van der Waals surface area contributed by atoms with Gasteiger partial charge in [0.25, 0.3) is 0 Å². The number of carbonyl (C=O) groups excluding carboxylic acids is 1. The summed E-state index contributed by atoms with van der Waals surface area (Å²) in [6, 6.07) is 8.04. The lowest BCUT2D eigenvalue weighted by Crippen LogP contribution is -2.26. The zero-order valence-electron chi connectivity index (χ0n) is 9.53. The molecule has 0 fully saturated rings. The van der Waals surface area contributed by atoms with Crippen LogP contribution in [0.5, 0.6) is 0 Å². The molecule has 82 valence electrons. The van der Waals surface area contributed by atoms with Gasteiger partial charge in [0.1, 0.15) is 5.78 Å². The van der Waals surface area contributed by atoms with Crippen molar-refractivity contribution < 1.29 is 9.90 Å². The van der Waals surface area contributed by atoms with E-state index in [4.69, 9.17) is 0 Å². The minimum atomic E-state index is -0.581. The number of carbonyl (C=O) groups is 1. The Labute approximate surface area is 90.9 Å². The number of hydrogen-bond donors (Lipinski definition) is 1. The van der Waals surface area contributed by atoms with Gasteiger partial charge in [-0.25, -0.2) is 0 Å². The molecule has 1 rings (SSSR count). The molecule has 2 nitrogen and oxygen atoms in total. The van der Waals surface area contributed by atoms with E-state index < -0.39 is 6.10 Å². The standard InChI is InChI=1S/C13H18O2/c1-9-5-4-6-12(7-9)8-13(10(2)14)11(3)15/h4-7,10,13-14H,8H2,1-3H3/t10-,13-/m0/s1. The van der Waals surface area contributed by atoms with Crippen LogP contribution in [0.4, 0.5) is 0 Å². The van der Waals surface area contributed by atoms with Crippen molar-refractivity contribution in [2.75, 3.05) is 0 Å². The van der Waals surface area contributed by atoms with E-state index >= 15 is 0 Å². The topological polar surface area (TPSA) is 37.3 Å². The maximum absolute atomic E-state index is 11.3. The molecule has 1 N–H and O–H groups in total. The summed E-state index contributed by atoms with van der Waals surface area (Å²) in [6.45, 7) is 5.23. The number of rotatable bonds is 4. The van der Waals surface area contributed by atoms with Gasteiger partial charge in [-0.2, -0.15) is 0 Å². The predicted octanol–water partition coefficient (Wildman–Crippen LogP) is 2.12. The molecule has 1 aromatic rings. The van der Waals surface area contributed by atoms with Crippen molar-refractivity contribution in [2.45, 2.75) is 33.3 Å². The minimum absolute atomic E-state index is 0.0477. The molecule has 0 aliphatic rings. The van der Waals surface area contributed by atoms with Crippen molar-refractivity contribution in [1.82, 2.24) is 0 Å². The van der Waals surface area contributed by atoms with E-state index in [1.165, 1.54) is 12.5 Å². The fourth-order valence-corrected chi connectivity index (χ4v) is 1.75. The number of aryl methyl sites for hydroxylation is 1. The molecule has 0 aliphatic carbocycles. The SMILES string of the molecule is CC(=O)[C@@H](Cc1cccc(C)c1)[C@H](C)O. The number of Topliss-reactive ketones (excluding diaryl/α,β-unsaturated/α-hetero) is 1. The van der Waals surface area contributed by atoms with Crippen molar-refractivity contribution in [3.05, 3.63) is 35.4 Å². The summed E-state index contributed by atoms with van der Waals surface area (Å²) in [6.07, 6.45) is 0.0392. The Morgan fingerprint density at radius 1 is 1.47 bits per heavy atom. The van der Waals surface area contributed by atoms with E-state index in [0.717, 1.165) is 5.56 Å². The minimum Gasteiger partial charge on any atom is -0.393 e. The summed E-state index contributed by atoms with van der Waals surface area (Å²) < 4.78 is 0. The highest BCUT2D eigenvalue weighted by Gasteiger charge is 2.20. The van der Waals surface area contributed by atoms with Crippen molar-refractivity contribution in [1.29, 1.82) is 0 Å². The predicted molar refractivity (Wildman–Crippen MR) is 60.7 cm³/mol. The van der Waals surface area contributed by atoms with Gasteiger partial charge >= 0.3 is 0 Å². The second-order valence-electron chi connectivity index (χ2n) is 4.15. The summed E-state index contributed by atoms with van der Waals surface area (Å²) in [5.74, 6) is -0.238. The molecular formula is C13H18O2. The number of hydrogen-bond acceptors (Lipinski definition) is 2. The highest BCUT2D eigenvalue weighted by molar-refractivity contribution is 5.79. The molecule has 0 saturated carbocycles. The Morgan fingerprint density at radius 2 is 2.13 bits per heavy atom. The average Bonchev–Trinajstić information content (AvgIpc) is 2.13. The highest BCUT2D eigenvalue weighted by atomic mass is 16.3. The lowest BCUT2D eigenvalue weighted by atomic mass is 9.91. The normalized spacial score (nSPS) is 14.7. The Balaban J connectivity index is 2.79. The maximum atomic E-state index is 11.3. The Kier molecular flexibility index (Phi) is 4.04. The van der Waals surface area contributed by atoms with Crippen LogP contribution < -0.4 is 0 Å². The number of benzene rings is 1. The third kappa shape index (κ3) is 3.48. The summed E-state index contributed by atoms with van der Waals surface area (Å²) in [4.78, 5) is 11.3. The van der Waals surface area contributed by atoms with Crippen molar-refractivity contribution in [3.8, 4) is 0 Å². The molecule has 2 heteroatoms. The van der Waals surface area contributed by atoms with E-state index in [2.05, 4.69) is 6.07 Å². The van der Waals surface area contributed by atoms with E-state index in [9.17, 15) is 9.90 Å². The third-order valence-electron chi connectivity index (χ3n) is 2.64. The fourth-order valence-electron chi connectivity index (χ4n) is 1.75. The Morgan fingerprint density at radius 3 is 2.60 bits per heavy atom. The first-order valence-electron chi connectivity index (χ1n) is 5.24. The lowest BCUT2D eigenvalue weighted by Gasteiger charge is -2.16. The Bertz CT molecular complexity index is 342. The number of aliphatic hydroxyl groups excluding tert-OH is 1. The zero-order valence-corrected chi connectivity index (χ0v) is 9.53. The van der Waals surface area contributed by atoms with Gasteiger partial charge in [-0.05, 0) is 32.8 Å². The van der Waals surface area contributed by atoms with E-state index in [-0.39, 0.29) is 11.7 Å². The summed E-state index contributed by atoms with van der Waals surface area (Å²) in [7, 11) is 0. The molecule has 0 amide bonds. The van der Waals surface area contributed by atoms with E-state index in [0.29, 0.717) is 6.42 Å². The van der Waals surface area contributed by atoms with Gasteiger partial charge in [-0.3, -0.25) is 4.79 Å². The molecule has 0 heterocycles. The van der Waals surface area contributed by atoms with Crippen LogP contribution in [0.1, 0.15) is 25.0 Å². The van der Waals surface area contributed by atoms with Crippen LogP contribution in [0.25, 0.3) is 0 Å². The third-order valence-corrected chi connectivity index (χ3v) is 2.64. The van der Waals surface area contributed by atoms with Crippen LogP contribution in [0.2, 0.25) is 0 Å². The Hall–Kier alpha value is -1.15. The fraction of sp³-hybridized carbons (Fsp3) is 0.462. The smallest absolute Gasteiger partial charge is 0.135 e. The second-order valence-corrected chi connectivity index (χ2v) is 4.15. The molecule has 0 unspecified atom stereocenters. The largest absolute Gasteiger partial charge is 0.393 e. The monoisotopic (exact) mass is 206 g/mol. The van der Waals surface area contributed by atoms with Crippen molar-refractivity contribution >= 4 is 5.78 Å². The van der Waals surface area contributed by atoms with Gasteiger partial charge in [0.05, 0.1) is 6.10 Å². The molecule has 2 atom stereocenters. The molecule has 0 aromatic heterocycles. The van der Waals surface area contributed by atoms with Crippen LogP contribution >= 0.6 is 0 Å². The van der Waals surface area contributed by atoms with Gasteiger partial charge < -0.3 is 5.11 Å². The van der Waals surface area contributed by atoms with Crippen LogP contribution in [-0.2, 0) is 11.2 Å². The lowest BCUT2D eigenvalue weighted by molar-refractivity contribution is -0.123. The van der Waals surface area contributed by atoms with Crippen LogP contribution in [-0.4, -0.2) is 17.0 Å². The molecule has 0 saturated heterocycles. The van der Waals surface area contributed by atoms with Crippen molar-refractivity contribution in [3.63, 3.8) is 0 Å². The molecule has 0 spiro atoms.